The van der Waals surface area contributed by atoms with Crippen LogP contribution in [0.15, 0.2) is 29.6 Å². The number of nitrogens with one attached hydrogen (secondary N) is 1. The summed E-state index contributed by atoms with van der Waals surface area (Å²) in [4.78, 5) is 12.2. The zero-order valence-electron chi connectivity index (χ0n) is 17.0. The Morgan fingerprint density at radius 2 is 2.00 bits per heavy atom. The number of nitrogens with zero attached hydrogens (tertiary/aromatic N) is 6. The van der Waals surface area contributed by atoms with Gasteiger partial charge in [-0.05, 0) is 25.0 Å². The largest absolute Gasteiger partial charge is 0.433 e. The number of anilines is 1. The van der Waals surface area contributed by atoms with Gasteiger partial charge in [-0.3, -0.25) is 0 Å². The Morgan fingerprint density at radius 1 is 1.25 bits per heavy atom. The van der Waals surface area contributed by atoms with Crippen molar-refractivity contribution in [1.82, 2.24) is 29.1 Å². The van der Waals surface area contributed by atoms with Gasteiger partial charge in [-0.25, -0.2) is 23.4 Å². The van der Waals surface area contributed by atoms with E-state index >= 15 is 0 Å². The number of aromatic nitrogens is 6. The van der Waals surface area contributed by atoms with Crippen LogP contribution in [0.3, 0.4) is 0 Å². The number of sulfone groups is 1. The SMILES string of the molecule is CCS(=O)(=O)c1nn2c(NC3CC3)ccnc2c1-c1nc2cc(C(F)(F)F)ncc2n1C. The van der Waals surface area contributed by atoms with Crippen LogP contribution in [0.2, 0.25) is 0 Å². The van der Waals surface area contributed by atoms with Gasteiger partial charge in [0, 0.05) is 19.3 Å². The van der Waals surface area contributed by atoms with Crippen molar-refractivity contribution in [3.63, 3.8) is 0 Å². The van der Waals surface area contributed by atoms with Crippen LogP contribution in [-0.4, -0.2) is 49.3 Å². The summed E-state index contributed by atoms with van der Waals surface area (Å²) in [6, 6.07) is 2.81. The van der Waals surface area contributed by atoms with E-state index in [9.17, 15) is 21.6 Å². The molecule has 32 heavy (non-hydrogen) atoms. The molecule has 1 aliphatic carbocycles. The molecule has 4 aromatic rings. The number of imidazole rings is 1. The minimum absolute atomic E-state index is 0.0382. The summed E-state index contributed by atoms with van der Waals surface area (Å²) in [5.41, 5.74) is -0.343. The van der Waals surface area contributed by atoms with E-state index in [2.05, 4.69) is 25.4 Å². The average molecular weight is 465 g/mol. The second-order valence-corrected chi connectivity index (χ2v) is 9.81. The lowest BCUT2D eigenvalue weighted by molar-refractivity contribution is -0.141. The third kappa shape index (κ3) is 3.27. The molecular weight excluding hydrogens is 447 g/mol. The van der Waals surface area contributed by atoms with Gasteiger partial charge in [-0.1, -0.05) is 6.92 Å². The summed E-state index contributed by atoms with van der Waals surface area (Å²) in [5.74, 6) is 0.509. The number of alkyl halides is 3. The standard InChI is InChI=1S/C19H18F3N7O2S/c1-3-32(30,31)18-15(16-23-7-6-14(29(16)27-18)25-10-4-5-10)17-26-11-8-13(19(20,21)22)24-9-12(11)28(17)2/h6-10,25H,3-5H2,1-2H3. The third-order valence-corrected chi connectivity index (χ3v) is 7.01. The van der Waals surface area contributed by atoms with Crippen molar-refractivity contribution >= 4 is 32.3 Å². The number of hydrogen-bond acceptors (Lipinski definition) is 7. The van der Waals surface area contributed by atoms with E-state index in [0.717, 1.165) is 25.1 Å². The molecule has 0 radical (unpaired) electrons. The minimum atomic E-state index is -4.63. The Bertz CT molecular complexity index is 1470. The van der Waals surface area contributed by atoms with Crippen molar-refractivity contribution in [3.05, 3.63) is 30.2 Å². The first-order chi connectivity index (χ1) is 15.1. The van der Waals surface area contributed by atoms with Gasteiger partial charge in [0.15, 0.2) is 20.5 Å². The third-order valence-electron chi connectivity index (χ3n) is 5.37. The fourth-order valence-corrected chi connectivity index (χ4v) is 4.46. The number of aryl methyl sites for hydroxylation is 1. The van der Waals surface area contributed by atoms with E-state index in [1.807, 2.05) is 0 Å². The smallest absolute Gasteiger partial charge is 0.367 e. The molecule has 1 aliphatic rings. The molecule has 1 saturated carbocycles. The molecule has 1 fully saturated rings. The molecule has 0 saturated heterocycles. The Labute approximate surface area is 180 Å². The maximum atomic E-state index is 13.1. The normalized spacial score (nSPS) is 15.0. The molecule has 0 unspecified atom stereocenters. The van der Waals surface area contributed by atoms with Crippen LogP contribution in [0.4, 0.5) is 19.0 Å². The van der Waals surface area contributed by atoms with Crippen molar-refractivity contribution in [2.45, 2.75) is 37.0 Å². The first-order valence-corrected chi connectivity index (χ1v) is 11.5. The van der Waals surface area contributed by atoms with Gasteiger partial charge in [-0.15, -0.1) is 0 Å². The fraction of sp³-hybridized carbons (Fsp3) is 0.368. The van der Waals surface area contributed by atoms with Crippen LogP contribution in [0.5, 0.6) is 0 Å². The fourth-order valence-electron chi connectivity index (χ4n) is 3.49. The zero-order chi connectivity index (χ0) is 22.8. The highest BCUT2D eigenvalue weighted by atomic mass is 32.2. The monoisotopic (exact) mass is 465 g/mol. The molecule has 4 aromatic heterocycles. The molecule has 5 rings (SSSR count). The Hall–Kier alpha value is -3.22. The topological polar surface area (TPSA) is 107 Å². The Morgan fingerprint density at radius 3 is 2.66 bits per heavy atom. The summed E-state index contributed by atoms with van der Waals surface area (Å²) in [6.07, 6.45) is -0.0337. The molecule has 9 nitrogen and oxygen atoms in total. The molecule has 4 heterocycles. The van der Waals surface area contributed by atoms with Gasteiger partial charge in [0.2, 0.25) is 0 Å². The summed E-state index contributed by atoms with van der Waals surface area (Å²) < 4.78 is 68.1. The molecule has 0 atom stereocenters. The van der Waals surface area contributed by atoms with Gasteiger partial charge < -0.3 is 9.88 Å². The number of pyridine rings is 1. The highest BCUT2D eigenvalue weighted by Gasteiger charge is 2.34. The lowest BCUT2D eigenvalue weighted by atomic mass is 10.3. The maximum absolute atomic E-state index is 13.1. The molecule has 13 heteroatoms. The van der Waals surface area contributed by atoms with E-state index in [0.29, 0.717) is 11.3 Å². The van der Waals surface area contributed by atoms with Gasteiger partial charge in [0.1, 0.15) is 22.9 Å². The second-order valence-electron chi connectivity index (χ2n) is 7.62. The number of rotatable bonds is 5. The van der Waals surface area contributed by atoms with Crippen LogP contribution in [0, 0.1) is 0 Å². The Kier molecular flexibility index (Phi) is 4.45. The van der Waals surface area contributed by atoms with Crippen LogP contribution in [0.1, 0.15) is 25.5 Å². The molecule has 0 bridgehead atoms. The van der Waals surface area contributed by atoms with Crippen molar-refractivity contribution in [2.24, 2.45) is 7.05 Å². The molecular formula is C19H18F3N7O2S. The zero-order valence-corrected chi connectivity index (χ0v) is 17.9. The van der Waals surface area contributed by atoms with Crippen molar-refractivity contribution in [3.8, 4) is 11.4 Å². The highest BCUT2D eigenvalue weighted by Crippen LogP contribution is 2.35. The van der Waals surface area contributed by atoms with Gasteiger partial charge >= 0.3 is 6.18 Å². The summed E-state index contributed by atoms with van der Waals surface area (Å²) in [6.45, 7) is 1.49. The predicted octanol–water partition coefficient (Wildman–Crippen LogP) is 3.06. The van der Waals surface area contributed by atoms with Crippen LogP contribution in [0.25, 0.3) is 28.1 Å². The quantitative estimate of drug-likeness (QED) is 0.483. The van der Waals surface area contributed by atoms with E-state index in [1.54, 1.807) is 13.1 Å². The molecule has 0 amide bonds. The summed E-state index contributed by atoms with van der Waals surface area (Å²) in [7, 11) is -2.22. The van der Waals surface area contributed by atoms with Crippen molar-refractivity contribution < 1.29 is 21.6 Å². The molecule has 0 spiro atoms. The van der Waals surface area contributed by atoms with Crippen LogP contribution in [-0.2, 0) is 23.1 Å². The molecule has 1 N–H and O–H groups in total. The number of hydrogen-bond donors (Lipinski definition) is 1. The summed E-state index contributed by atoms with van der Waals surface area (Å²) >= 11 is 0. The first-order valence-electron chi connectivity index (χ1n) is 9.87. The van der Waals surface area contributed by atoms with Gasteiger partial charge in [-0.2, -0.15) is 22.8 Å². The van der Waals surface area contributed by atoms with Crippen LogP contribution < -0.4 is 5.32 Å². The average Bonchev–Trinajstić information content (AvgIpc) is 3.38. The predicted molar refractivity (Wildman–Crippen MR) is 110 cm³/mol. The second kappa shape index (κ2) is 6.89. The lowest BCUT2D eigenvalue weighted by Crippen LogP contribution is -2.09. The van der Waals surface area contributed by atoms with E-state index < -0.39 is 21.7 Å². The van der Waals surface area contributed by atoms with E-state index in [-0.39, 0.29) is 39.4 Å². The number of fused-ring (bicyclic) bond motifs is 2. The van der Waals surface area contributed by atoms with Crippen molar-refractivity contribution in [1.29, 1.82) is 0 Å². The molecule has 0 aromatic carbocycles. The highest BCUT2D eigenvalue weighted by molar-refractivity contribution is 7.91. The Balaban J connectivity index is 1.80. The first kappa shape index (κ1) is 20.7. The van der Waals surface area contributed by atoms with Crippen molar-refractivity contribution in [2.75, 3.05) is 11.1 Å². The number of halogens is 3. The van der Waals surface area contributed by atoms with E-state index in [4.69, 9.17) is 0 Å². The minimum Gasteiger partial charge on any atom is -0.367 e. The van der Waals surface area contributed by atoms with E-state index in [1.165, 1.54) is 22.2 Å². The summed E-state index contributed by atoms with van der Waals surface area (Å²) in [5, 5.41) is 7.40. The van der Waals surface area contributed by atoms with Crippen LogP contribution >= 0.6 is 0 Å². The maximum Gasteiger partial charge on any atom is 0.433 e. The molecule has 0 aliphatic heterocycles. The van der Waals surface area contributed by atoms with Gasteiger partial charge in [0.05, 0.1) is 23.0 Å². The lowest BCUT2D eigenvalue weighted by Gasteiger charge is -2.06. The van der Waals surface area contributed by atoms with Gasteiger partial charge in [0.25, 0.3) is 0 Å². The molecule has 168 valence electrons.